The van der Waals surface area contributed by atoms with Crippen molar-refractivity contribution in [1.82, 2.24) is 5.43 Å². The molecule has 0 radical (unpaired) electrons. The predicted octanol–water partition coefficient (Wildman–Crippen LogP) is 1.69. The van der Waals surface area contributed by atoms with E-state index in [1.807, 2.05) is 13.8 Å². The van der Waals surface area contributed by atoms with E-state index in [-0.39, 0.29) is 17.8 Å². The van der Waals surface area contributed by atoms with Gasteiger partial charge in [0.1, 0.15) is 5.75 Å². The third-order valence-electron chi connectivity index (χ3n) is 2.68. The molecule has 0 spiro atoms. The van der Waals surface area contributed by atoms with Crippen LogP contribution >= 0.6 is 0 Å². The van der Waals surface area contributed by atoms with Crippen molar-refractivity contribution < 1.29 is 9.90 Å². The monoisotopic (exact) mass is 219 g/mol. The third kappa shape index (κ3) is 1.60. The molecule has 0 bridgehead atoms. The van der Waals surface area contributed by atoms with Crippen LogP contribution in [0.3, 0.4) is 0 Å². The van der Waals surface area contributed by atoms with E-state index in [0.717, 1.165) is 5.71 Å². The van der Waals surface area contributed by atoms with Crippen molar-refractivity contribution in [3.63, 3.8) is 0 Å². The minimum atomic E-state index is -0.334. The van der Waals surface area contributed by atoms with Gasteiger partial charge in [0.25, 0.3) is 0 Å². The molecule has 2 amide bonds. The van der Waals surface area contributed by atoms with Crippen molar-refractivity contribution >= 4 is 17.4 Å². The maximum Gasteiger partial charge on any atom is 0.342 e. The quantitative estimate of drug-likeness (QED) is 0.754. The lowest BCUT2D eigenvalue weighted by Gasteiger charge is -2.32. The van der Waals surface area contributed by atoms with Crippen LogP contribution in [0.5, 0.6) is 5.75 Å². The molecule has 1 aliphatic heterocycles. The van der Waals surface area contributed by atoms with E-state index in [1.54, 1.807) is 24.3 Å². The second-order valence-corrected chi connectivity index (χ2v) is 3.70. The SMILES string of the molecule is CC1=NNC(=O)N(c2ccccc2O)C1C. The summed E-state index contributed by atoms with van der Waals surface area (Å²) in [6.45, 7) is 3.70. The number of nitrogens with zero attached hydrogens (tertiary/aromatic N) is 2. The Balaban J connectivity index is 2.44. The number of para-hydroxylation sites is 2. The van der Waals surface area contributed by atoms with Crippen LogP contribution in [0.1, 0.15) is 13.8 Å². The third-order valence-corrected chi connectivity index (χ3v) is 2.68. The predicted molar refractivity (Wildman–Crippen MR) is 61.7 cm³/mol. The van der Waals surface area contributed by atoms with E-state index < -0.39 is 0 Å². The summed E-state index contributed by atoms with van der Waals surface area (Å²) in [7, 11) is 0. The van der Waals surface area contributed by atoms with Gasteiger partial charge in [-0.25, -0.2) is 10.2 Å². The average molecular weight is 219 g/mol. The minimum Gasteiger partial charge on any atom is -0.506 e. The van der Waals surface area contributed by atoms with Crippen LogP contribution < -0.4 is 10.3 Å². The highest BCUT2D eigenvalue weighted by Crippen LogP contribution is 2.29. The molecule has 16 heavy (non-hydrogen) atoms. The summed E-state index contributed by atoms with van der Waals surface area (Å²) < 4.78 is 0. The van der Waals surface area contributed by atoms with E-state index in [9.17, 15) is 9.90 Å². The van der Waals surface area contributed by atoms with Crippen molar-refractivity contribution in [2.45, 2.75) is 19.9 Å². The fraction of sp³-hybridized carbons (Fsp3) is 0.273. The minimum absolute atomic E-state index is 0.0826. The average Bonchev–Trinajstić information content (AvgIpc) is 2.27. The summed E-state index contributed by atoms with van der Waals surface area (Å²) in [6, 6.07) is 6.24. The summed E-state index contributed by atoms with van der Waals surface area (Å²) in [5.41, 5.74) is 3.68. The highest BCUT2D eigenvalue weighted by molar-refractivity contribution is 6.05. The smallest absolute Gasteiger partial charge is 0.342 e. The second kappa shape index (κ2) is 3.84. The number of hydrogen-bond donors (Lipinski definition) is 2. The Labute approximate surface area is 93.4 Å². The molecule has 1 aromatic carbocycles. The van der Waals surface area contributed by atoms with Gasteiger partial charge in [-0.2, -0.15) is 5.10 Å². The Morgan fingerprint density at radius 2 is 2.12 bits per heavy atom. The zero-order valence-corrected chi connectivity index (χ0v) is 9.14. The first-order valence-electron chi connectivity index (χ1n) is 5.02. The zero-order chi connectivity index (χ0) is 11.7. The Hall–Kier alpha value is -2.04. The largest absolute Gasteiger partial charge is 0.506 e. The lowest BCUT2D eigenvalue weighted by molar-refractivity contribution is 0.244. The normalized spacial score (nSPS) is 20.4. The summed E-state index contributed by atoms with van der Waals surface area (Å²) in [6.07, 6.45) is 0. The second-order valence-electron chi connectivity index (χ2n) is 3.70. The number of carbonyl (C=O) groups excluding carboxylic acids is 1. The fourth-order valence-electron chi connectivity index (χ4n) is 1.63. The molecule has 0 saturated carbocycles. The molecule has 84 valence electrons. The maximum absolute atomic E-state index is 11.7. The molecule has 0 aliphatic carbocycles. The van der Waals surface area contributed by atoms with Gasteiger partial charge in [0, 0.05) is 0 Å². The topological polar surface area (TPSA) is 64.9 Å². The van der Waals surface area contributed by atoms with Crippen LogP contribution in [0.4, 0.5) is 10.5 Å². The Morgan fingerprint density at radius 3 is 2.81 bits per heavy atom. The number of urea groups is 1. The van der Waals surface area contributed by atoms with Crippen LogP contribution in [0.2, 0.25) is 0 Å². The van der Waals surface area contributed by atoms with Crippen molar-refractivity contribution in [2.24, 2.45) is 5.10 Å². The molecule has 1 unspecified atom stereocenters. The Bertz CT molecular complexity index is 456. The summed E-state index contributed by atoms with van der Waals surface area (Å²) in [4.78, 5) is 13.2. The van der Waals surface area contributed by atoms with Crippen molar-refractivity contribution in [2.75, 3.05) is 4.90 Å². The number of carbonyl (C=O) groups is 1. The number of phenolic OH excluding ortho intramolecular Hbond substituents is 1. The lowest BCUT2D eigenvalue weighted by atomic mass is 10.1. The van der Waals surface area contributed by atoms with Crippen LogP contribution in [-0.2, 0) is 0 Å². The fourth-order valence-corrected chi connectivity index (χ4v) is 1.63. The van der Waals surface area contributed by atoms with Gasteiger partial charge in [-0.05, 0) is 26.0 Å². The highest BCUT2D eigenvalue weighted by Gasteiger charge is 2.29. The number of anilines is 1. The number of amides is 2. The van der Waals surface area contributed by atoms with Crippen LogP contribution in [0, 0.1) is 0 Å². The van der Waals surface area contributed by atoms with Gasteiger partial charge >= 0.3 is 6.03 Å². The maximum atomic E-state index is 11.7. The van der Waals surface area contributed by atoms with Gasteiger partial charge < -0.3 is 5.11 Å². The molecule has 2 N–H and O–H groups in total. The molecule has 1 atom stereocenters. The van der Waals surface area contributed by atoms with Crippen molar-refractivity contribution in [1.29, 1.82) is 0 Å². The molecule has 5 nitrogen and oxygen atoms in total. The standard InChI is InChI=1S/C11H13N3O2/c1-7-8(2)14(11(16)13-12-7)9-5-3-4-6-10(9)15/h3-6,8,15H,1-2H3,(H,13,16). The van der Waals surface area contributed by atoms with Gasteiger partial charge in [-0.15, -0.1) is 0 Å². The Kier molecular flexibility index (Phi) is 2.52. The molecule has 0 saturated heterocycles. The first kappa shape index (κ1) is 10.5. The van der Waals surface area contributed by atoms with Crippen LogP contribution in [0.15, 0.2) is 29.4 Å². The highest BCUT2D eigenvalue weighted by atomic mass is 16.3. The van der Waals surface area contributed by atoms with Gasteiger partial charge in [0.15, 0.2) is 0 Å². The first-order valence-corrected chi connectivity index (χ1v) is 5.02. The van der Waals surface area contributed by atoms with Gasteiger partial charge in [0.2, 0.25) is 0 Å². The van der Waals surface area contributed by atoms with E-state index in [1.165, 1.54) is 4.90 Å². The molecule has 0 fully saturated rings. The van der Waals surface area contributed by atoms with Crippen LogP contribution in [0.25, 0.3) is 0 Å². The molecule has 1 heterocycles. The van der Waals surface area contributed by atoms with Gasteiger partial charge in [-0.1, -0.05) is 12.1 Å². The number of hydrazone groups is 1. The molecule has 1 aromatic rings. The molecule has 5 heteroatoms. The molecule has 0 aromatic heterocycles. The summed E-state index contributed by atoms with van der Waals surface area (Å²) in [5.74, 6) is 0.0826. The van der Waals surface area contributed by atoms with E-state index in [2.05, 4.69) is 10.5 Å². The molecular formula is C11H13N3O2. The number of hydrogen-bond acceptors (Lipinski definition) is 3. The molecular weight excluding hydrogens is 206 g/mol. The van der Waals surface area contributed by atoms with Crippen LogP contribution in [-0.4, -0.2) is 22.9 Å². The first-order chi connectivity index (χ1) is 7.61. The summed E-state index contributed by atoms with van der Waals surface area (Å²) in [5, 5.41) is 13.6. The van der Waals surface area contributed by atoms with Crippen molar-refractivity contribution in [3.05, 3.63) is 24.3 Å². The van der Waals surface area contributed by atoms with Gasteiger partial charge in [-0.3, -0.25) is 4.90 Å². The Morgan fingerprint density at radius 1 is 1.44 bits per heavy atom. The van der Waals surface area contributed by atoms with E-state index in [0.29, 0.717) is 5.69 Å². The van der Waals surface area contributed by atoms with E-state index >= 15 is 0 Å². The number of rotatable bonds is 1. The number of nitrogens with one attached hydrogen (secondary N) is 1. The molecule has 1 aliphatic rings. The zero-order valence-electron chi connectivity index (χ0n) is 9.14. The number of aromatic hydroxyl groups is 1. The molecule has 2 rings (SSSR count). The van der Waals surface area contributed by atoms with E-state index in [4.69, 9.17) is 0 Å². The van der Waals surface area contributed by atoms with Gasteiger partial charge in [0.05, 0.1) is 17.4 Å². The summed E-state index contributed by atoms with van der Waals surface area (Å²) >= 11 is 0. The number of phenols is 1. The van der Waals surface area contributed by atoms with Crippen molar-refractivity contribution in [3.8, 4) is 5.75 Å². The lowest BCUT2D eigenvalue weighted by Crippen LogP contribution is -2.51. The number of benzene rings is 1.